The number of aromatic nitrogens is 2. The number of ether oxygens (including phenoxy) is 1. The zero-order chi connectivity index (χ0) is 15.9. The summed E-state index contributed by atoms with van der Waals surface area (Å²) in [6, 6.07) is 9.57. The van der Waals surface area contributed by atoms with Gasteiger partial charge in [-0.05, 0) is 31.2 Å². The summed E-state index contributed by atoms with van der Waals surface area (Å²) in [5.41, 5.74) is 1.19. The molecule has 0 bridgehead atoms. The number of rotatable bonds is 6. The number of hydrogen-bond donors (Lipinski definition) is 2. The maximum atomic E-state index is 9.29. The van der Waals surface area contributed by atoms with Gasteiger partial charge in [0, 0.05) is 19.8 Å². The van der Waals surface area contributed by atoms with Gasteiger partial charge in [0.1, 0.15) is 23.2 Å². The number of nitriles is 1. The van der Waals surface area contributed by atoms with Crippen molar-refractivity contribution in [1.29, 1.82) is 5.26 Å². The van der Waals surface area contributed by atoms with Crippen LogP contribution in [0.1, 0.15) is 12.5 Å². The molecule has 1 aromatic carbocycles. The molecule has 1 heterocycles. The summed E-state index contributed by atoms with van der Waals surface area (Å²) >= 11 is 0. The Labute approximate surface area is 129 Å². The van der Waals surface area contributed by atoms with Crippen LogP contribution in [-0.4, -0.2) is 42.1 Å². The molecule has 0 atom stereocenters. The number of H-pyrrole nitrogens is 1. The molecule has 0 fully saturated rings. The molecule has 22 heavy (non-hydrogen) atoms. The van der Waals surface area contributed by atoms with Gasteiger partial charge in [-0.2, -0.15) is 10.4 Å². The zero-order valence-corrected chi connectivity index (χ0v) is 12.8. The molecule has 0 aliphatic heterocycles. The number of nitrogens with zero attached hydrogens (tertiary/aromatic N) is 4. The van der Waals surface area contributed by atoms with Crippen molar-refractivity contribution in [3.63, 3.8) is 0 Å². The molecule has 2 rings (SSSR count). The van der Waals surface area contributed by atoms with E-state index in [9.17, 15) is 5.26 Å². The van der Waals surface area contributed by atoms with Gasteiger partial charge < -0.3 is 15.0 Å². The Morgan fingerprint density at radius 3 is 2.73 bits per heavy atom. The molecule has 7 nitrogen and oxygen atoms in total. The Balaban J connectivity index is 2.17. The van der Waals surface area contributed by atoms with Gasteiger partial charge in [-0.15, -0.1) is 0 Å². The third kappa shape index (κ3) is 3.76. The SMILES string of the molecule is CCOc1ccc(Nc2[nH]nc(N=CN(C)C)c2C#N)cc1. The molecule has 1 aromatic heterocycles. The second-order valence-corrected chi connectivity index (χ2v) is 4.70. The van der Waals surface area contributed by atoms with Crippen LogP contribution >= 0.6 is 0 Å². The van der Waals surface area contributed by atoms with E-state index in [1.807, 2.05) is 45.3 Å². The molecule has 2 aromatic rings. The van der Waals surface area contributed by atoms with Gasteiger partial charge in [0.15, 0.2) is 5.82 Å². The van der Waals surface area contributed by atoms with E-state index in [4.69, 9.17) is 4.74 Å². The summed E-state index contributed by atoms with van der Waals surface area (Å²) < 4.78 is 5.39. The normalized spacial score (nSPS) is 10.5. The van der Waals surface area contributed by atoms with Crippen LogP contribution in [0.5, 0.6) is 5.75 Å². The van der Waals surface area contributed by atoms with E-state index >= 15 is 0 Å². The first-order chi connectivity index (χ1) is 10.6. The first-order valence-electron chi connectivity index (χ1n) is 6.83. The number of hydrogen-bond acceptors (Lipinski definition) is 5. The van der Waals surface area contributed by atoms with Crippen LogP contribution in [0.2, 0.25) is 0 Å². The predicted molar refractivity (Wildman–Crippen MR) is 86.0 cm³/mol. The summed E-state index contributed by atoms with van der Waals surface area (Å²) in [6.07, 6.45) is 1.59. The van der Waals surface area contributed by atoms with Crippen molar-refractivity contribution in [3.8, 4) is 11.8 Å². The summed E-state index contributed by atoms with van der Waals surface area (Å²) in [6.45, 7) is 2.56. The van der Waals surface area contributed by atoms with Crippen molar-refractivity contribution in [2.75, 3.05) is 26.0 Å². The van der Waals surface area contributed by atoms with E-state index in [-0.39, 0.29) is 0 Å². The molecular weight excluding hydrogens is 280 g/mol. The lowest BCUT2D eigenvalue weighted by atomic mass is 10.2. The second kappa shape index (κ2) is 7.13. The van der Waals surface area contributed by atoms with Crippen molar-refractivity contribution < 1.29 is 4.74 Å². The van der Waals surface area contributed by atoms with Crippen molar-refractivity contribution in [1.82, 2.24) is 15.1 Å². The number of aromatic amines is 1. The molecule has 0 saturated carbocycles. The third-order valence-electron chi connectivity index (χ3n) is 2.70. The average molecular weight is 298 g/mol. The molecule has 2 N–H and O–H groups in total. The zero-order valence-electron chi connectivity index (χ0n) is 12.8. The summed E-state index contributed by atoms with van der Waals surface area (Å²) in [5.74, 6) is 1.66. The first kappa shape index (κ1) is 15.4. The van der Waals surface area contributed by atoms with Crippen LogP contribution in [0.3, 0.4) is 0 Å². The second-order valence-electron chi connectivity index (χ2n) is 4.70. The van der Waals surface area contributed by atoms with Crippen LogP contribution in [0.15, 0.2) is 29.3 Å². The Kier molecular flexibility index (Phi) is 4.98. The Morgan fingerprint density at radius 1 is 1.41 bits per heavy atom. The number of benzene rings is 1. The molecule has 7 heteroatoms. The molecule has 114 valence electrons. The highest BCUT2D eigenvalue weighted by Crippen LogP contribution is 2.26. The molecule has 0 radical (unpaired) electrons. The number of nitrogens with one attached hydrogen (secondary N) is 2. The van der Waals surface area contributed by atoms with Crippen molar-refractivity contribution >= 4 is 23.7 Å². The first-order valence-corrected chi connectivity index (χ1v) is 6.83. The third-order valence-corrected chi connectivity index (χ3v) is 2.70. The Bertz CT molecular complexity index is 681. The fraction of sp³-hybridized carbons (Fsp3) is 0.267. The van der Waals surface area contributed by atoms with E-state index in [2.05, 4.69) is 26.6 Å². The van der Waals surface area contributed by atoms with E-state index in [1.54, 1.807) is 11.2 Å². The van der Waals surface area contributed by atoms with Crippen LogP contribution in [0.4, 0.5) is 17.3 Å². The fourth-order valence-electron chi connectivity index (χ4n) is 1.74. The monoisotopic (exact) mass is 298 g/mol. The van der Waals surface area contributed by atoms with Crippen LogP contribution in [0.25, 0.3) is 0 Å². The van der Waals surface area contributed by atoms with Crippen molar-refractivity contribution in [2.24, 2.45) is 4.99 Å². The highest BCUT2D eigenvalue weighted by atomic mass is 16.5. The van der Waals surface area contributed by atoms with E-state index in [0.29, 0.717) is 23.8 Å². The van der Waals surface area contributed by atoms with E-state index in [1.165, 1.54) is 0 Å². The smallest absolute Gasteiger partial charge is 0.195 e. The molecule has 0 aliphatic rings. The number of aliphatic imine (C=N–C) groups is 1. The lowest BCUT2D eigenvalue weighted by Crippen LogP contribution is -2.07. The maximum absolute atomic E-state index is 9.29. The van der Waals surface area contributed by atoms with E-state index in [0.717, 1.165) is 11.4 Å². The average Bonchev–Trinajstić information content (AvgIpc) is 2.89. The standard InChI is InChI=1S/C15H18N6O/c1-4-22-12-7-5-11(6-8-12)18-15-13(9-16)14(19-20-15)17-10-21(2)3/h5-8,10H,4H2,1-3H3,(H2,18,19,20). The predicted octanol–water partition coefficient (Wildman–Crippen LogP) is 2.65. The Hall–Kier alpha value is -3.01. The summed E-state index contributed by atoms with van der Waals surface area (Å²) in [5, 5.41) is 19.2. The minimum absolute atomic E-state index is 0.352. The lowest BCUT2D eigenvalue weighted by Gasteiger charge is -2.06. The fourth-order valence-corrected chi connectivity index (χ4v) is 1.74. The summed E-state index contributed by atoms with van der Waals surface area (Å²) in [7, 11) is 3.70. The minimum atomic E-state index is 0.352. The quantitative estimate of drug-likeness (QED) is 0.632. The van der Waals surface area contributed by atoms with Crippen molar-refractivity contribution in [2.45, 2.75) is 6.92 Å². The van der Waals surface area contributed by atoms with E-state index < -0.39 is 0 Å². The molecule has 0 amide bonds. The minimum Gasteiger partial charge on any atom is -0.494 e. The number of anilines is 2. The van der Waals surface area contributed by atoms with Gasteiger partial charge in [0.2, 0.25) is 0 Å². The molecule has 0 unspecified atom stereocenters. The van der Waals surface area contributed by atoms with Crippen LogP contribution < -0.4 is 10.1 Å². The topological polar surface area (TPSA) is 89.3 Å². The largest absolute Gasteiger partial charge is 0.494 e. The molecular formula is C15H18N6O. The van der Waals surface area contributed by atoms with Gasteiger partial charge in [-0.3, -0.25) is 5.10 Å². The van der Waals surface area contributed by atoms with Gasteiger partial charge in [-0.25, -0.2) is 4.99 Å². The van der Waals surface area contributed by atoms with Gasteiger partial charge in [-0.1, -0.05) is 0 Å². The summed E-state index contributed by atoms with van der Waals surface area (Å²) in [4.78, 5) is 5.93. The van der Waals surface area contributed by atoms with Gasteiger partial charge >= 0.3 is 0 Å². The van der Waals surface area contributed by atoms with Gasteiger partial charge in [0.25, 0.3) is 0 Å². The highest BCUT2D eigenvalue weighted by Gasteiger charge is 2.12. The van der Waals surface area contributed by atoms with Crippen molar-refractivity contribution in [3.05, 3.63) is 29.8 Å². The van der Waals surface area contributed by atoms with Gasteiger partial charge in [0.05, 0.1) is 12.9 Å². The van der Waals surface area contributed by atoms with Crippen LogP contribution in [0, 0.1) is 11.3 Å². The molecule has 0 saturated heterocycles. The molecule has 0 aliphatic carbocycles. The maximum Gasteiger partial charge on any atom is 0.195 e. The lowest BCUT2D eigenvalue weighted by molar-refractivity contribution is 0.340. The highest BCUT2D eigenvalue weighted by molar-refractivity contribution is 5.71. The molecule has 0 spiro atoms. The Morgan fingerprint density at radius 2 is 2.14 bits per heavy atom. The van der Waals surface area contributed by atoms with Crippen LogP contribution in [-0.2, 0) is 0 Å².